The van der Waals surface area contributed by atoms with E-state index in [9.17, 15) is 9.90 Å². The molecule has 0 saturated carbocycles. The highest BCUT2D eigenvalue weighted by molar-refractivity contribution is 5.82. The maximum Gasteiger partial charge on any atom is 0.306 e. The third-order valence-electron chi connectivity index (χ3n) is 4.09. The summed E-state index contributed by atoms with van der Waals surface area (Å²) in [6, 6.07) is 9.77. The minimum Gasteiger partial charge on any atom is -0.481 e. The normalized spacial score (nSPS) is 16.3. The number of carboxylic acid groups (broad SMARTS) is 1. The van der Waals surface area contributed by atoms with Crippen LogP contribution in [0.5, 0.6) is 0 Å². The Morgan fingerprint density at radius 3 is 2.67 bits per heavy atom. The topological polar surface area (TPSA) is 73.7 Å². The first-order chi connectivity index (χ1) is 10.2. The van der Waals surface area contributed by atoms with E-state index in [1.54, 1.807) is 0 Å². The highest BCUT2D eigenvalue weighted by atomic mass is 16.4. The van der Waals surface area contributed by atoms with Gasteiger partial charge in [-0.15, -0.1) is 0 Å². The molecular formula is C16H18N2O3. The van der Waals surface area contributed by atoms with Crippen LogP contribution in [0.3, 0.4) is 0 Å². The Kier molecular flexibility index (Phi) is 3.75. The number of piperidine rings is 1. The lowest BCUT2D eigenvalue weighted by Gasteiger charge is -2.32. The molecule has 1 aliphatic heterocycles. The van der Waals surface area contributed by atoms with Crippen molar-refractivity contribution < 1.29 is 15.0 Å². The molecule has 0 unspecified atom stereocenters. The Hall–Kier alpha value is -2.14. The zero-order chi connectivity index (χ0) is 14.8. The lowest BCUT2D eigenvalue weighted by Crippen LogP contribution is -2.37. The molecule has 3 rings (SSSR count). The smallest absolute Gasteiger partial charge is 0.306 e. The molecule has 1 aromatic carbocycles. The van der Waals surface area contributed by atoms with Crippen LogP contribution in [0.2, 0.25) is 0 Å². The van der Waals surface area contributed by atoms with E-state index >= 15 is 0 Å². The van der Waals surface area contributed by atoms with Crippen LogP contribution in [-0.4, -0.2) is 34.3 Å². The quantitative estimate of drug-likeness (QED) is 0.903. The number of fused-ring (bicyclic) bond motifs is 1. The molecule has 0 radical (unpaired) electrons. The van der Waals surface area contributed by atoms with Crippen LogP contribution in [0.1, 0.15) is 18.4 Å². The standard InChI is InChI=1S/C16H18N2O3/c19-10-13-9-12-3-1-2-4-14(12)17-15(13)18-7-5-11(6-8-18)16(20)21/h1-4,9,11,19H,5-8,10H2,(H,20,21). The molecule has 1 aliphatic rings. The second-order valence-electron chi connectivity index (χ2n) is 5.42. The van der Waals surface area contributed by atoms with Crippen LogP contribution in [-0.2, 0) is 11.4 Å². The van der Waals surface area contributed by atoms with E-state index in [0.717, 1.165) is 22.3 Å². The average molecular weight is 286 g/mol. The monoisotopic (exact) mass is 286 g/mol. The zero-order valence-electron chi connectivity index (χ0n) is 11.7. The second kappa shape index (κ2) is 5.69. The third-order valence-corrected chi connectivity index (χ3v) is 4.09. The van der Waals surface area contributed by atoms with Gasteiger partial charge < -0.3 is 15.1 Å². The van der Waals surface area contributed by atoms with Crippen LogP contribution in [0.4, 0.5) is 5.82 Å². The summed E-state index contributed by atoms with van der Waals surface area (Å²) in [5.41, 5.74) is 1.69. The van der Waals surface area contributed by atoms with Crippen molar-refractivity contribution in [1.82, 2.24) is 4.98 Å². The summed E-state index contributed by atoms with van der Waals surface area (Å²) in [5, 5.41) is 19.7. The lowest BCUT2D eigenvalue weighted by molar-refractivity contribution is -0.142. The summed E-state index contributed by atoms with van der Waals surface area (Å²) in [6.45, 7) is 1.26. The molecule has 2 heterocycles. The molecule has 110 valence electrons. The van der Waals surface area contributed by atoms with Crippen molar-refractivity contribution in [3.05, 3.63) is 35.9 Å². The predicted molar refractivity (Wildman–Crippen MR) is 80.2 cm³/mol. The Bertz CT molecular complexity index is 664. The second-order valence-corrected chi connectivity index (χ2v) is 5.42. The van der Waals surface area contributed by atoms with Crippen LogP contribution < -0.4 is 4.90 Å². The molecule has 0 amide bonds. The van der Waals surface area contributed by atoms with E-state index < -0.39 is 5.97 Å². The summed E-state index contributed by atoms with van der Waals surface area (Å²) in [6.07, 6.45) is 1.24. The predicted octanol–water partition coefficient (Wildman–Crippen LogP) is 2.03. The Morgan fingerprint density at radius 2 is 2.00 bits per heavy atom. The molecule has 5 heteroatoms. The minimum atomic E-state index is -0.719. The first kappa shape index (κ1) is 13.8. The Morgan fingerprint density at radius 1 is 1.29 bits per heavy atom. The van der Waals surface area contributed by atoms with Gasteiger partial charge in [0, 0.05) is 24.0 Å². The molecule has 1 saturated heterocycles. The number of aromatic nitrogens is 1. The number of hydrogen-bond donors (Lipinski definition) is 2. The first-order valence-electron chi connectivity index (χ1n) is 7.16. The maximum atomic E-state index is 11.0. The molecule has 0 aliphatic carbocycles. The van der Waals surface area contributed by atoms with Gasteiger partial charge >= 0.3 is 5.97 Å². The van der Waals surface area contributed by atoms with Crippen molar-refractivity contribution in [3.63, 3.8) is 0 Å². The van der Waals surface area contributed by atoms with Crippen molar-refractivity contribution in [2.45, 2.75) is 19.4 Å². The molecule has 5 nitrogen and oxygen atoms in total. The minimum absolute atomic E-state index is 0.0635. The molecule has 21 heavy (non-hydrogen) atoms. The van der Waals surface area contributed by atoms with Crippen molar-refractivity contribution >= 4 is 22.7 Å². The number of aliphatic carboxylic acids is 1. The van der Waals surface area contributed by atoms with Gasteiger partial charge in [0.2, 0.25) is 0 Å². The SMILES string of the molecule is O=C(O)C1CCN(c2nc3ccccc3cc2CO)CC1. The molecule has 2 aromatic rings. The highest BCUT2D eigenvalue weighted by Crippen LogP contribution is 2.27. The number of hydrogen-bond acceptors (Lipinski definition) is 4. The number of carboxylic acids is 1. The number of aliphatic hydroxyl groups excluding tert-OH is 1. The van der Waals surface area contributed by atoms with E-state index in [0.29, 0.717) is 25.9 Å². The van der Waals surface area contributed by atoms with Crippen LogP contribution in [0.15, 0.2) is 30.3 Å². The van der Waals surface area contributed by atoms with Crippen LogP contribution in [0.25, 0.3) is 10.9 Å². The number of nitrogens with zero attached hydrogens (tertiary/aromatic N) is 2. The number of para-hydroxylation sites is 1. The molecule has 0 bridgehead atoms. The van der Waals surface area contributed by atoms with Gasteiger partial charge in [-0.25, -0.2) is 4.98 Å². The van der Waals surface area contributed by atoms with Gasteiger partial charge in [-0.2, -0.15) is 0 Å². The lowest BCUT2D eigenvalue weighted by atomic mass is 9.97. The van der Waals surface area contributed by atoms with Crippen molar-refractivity contribution in [3.8, 4) is 0 Å². The number of carbonyl (C=O) groups is 1. The molecular weight excluding hydrogens is 268 g/mol. The number of pyridine rings is 1. The van der Waals surface area contributed by atoms with Crippen molar-refractivity contribution in [2.75, 3.05) is 18.0 Å². The van der Waals surface area contributed by atoms with E-state index in [2.05, 4.69) is 9.88 Å². The number of aliphatic hydroxyl groups is 1. The summed E-state index contributed by atoms with van der Waals surface area (Å²) < 4.78 is 0. The van der Waals surface area contributed by atoms with Gasteiger partial charge in [-0.3, -0.25) is 4.79 Å². The highest BCUT2D eigenvalue weighted by Gasteiger charge is 2.26. The van der Waals surface area contributed by atoms with Crippen molar-refractivity contribution in [1.29, 1.82) is 0 Å². The Labute approximate surface area is 122 Å². The van der Waals surface area contributed by atoms with Gasteiger partial charge in [-0.05, 0) is 25.0 Å². The Balaban J connectivity index is 1.91. The number of anilines is 1. The summed E-state index contributed by atoms with van der Waals surface area (Å²) >= 11 is 0. The summed E-state index contributed by atoms with van der Waals surface area (Å²) in [7, 11) is 0. The van der Waals surface area contributed by atoms with Crippen molar-refractivity contribution in [2.24, 2.45) is 5.92 Å². The fourth-order valence-corrected chi connectivity index (χ4v) is 2.88. The third kappa shape index (κ3) is 2.69. The van der Waals surface area contributed by atoms with E-state index in [1.807, 2.05) is 30.3 Å². The molecule has 0 spiro atoms. The molecule has 0 atom stereocenters. The van der Waals surface area contributed by atoms with Crippen LogP contribution in [0, 0.1) is 5.92 Å². The van der Waals surface area contributed by atoms with Gasteiger partial charge in [0.25, 0.3) is 0 Å². The summed E-state index contributed by atoms with van der Waals surface area (Å²) in [5.74, 6) is -0.206. The van der Waals surface area contributed by atoms with E-state index in [4.69, 9.17) is 5.11 Å². The maximum absolute atomic E-state index is 11.0. The fourth-order valence-electron chi connectivity index (χ4n) is 2.88. The number of rotatable bonds is 3. The first-order valence-corrected chi connectivity index (χ1v) is 7.16. The van der Waals surface area contributed by atoms with E-state index in [1.165, 1.54) is 0 Å². The molecule has 2 N–H and O–H groups in total. The van der Waals surface area contributed by atoms with Crippen LogP contribution >= 0.6 is 0 Å². The van der Waals surface area contributed by atoms with Gasteiger partial charge in [0.15, 0.2) is 0 Å². The van der Waals surface area contributed by atoms with E-state index in [-0.39, 0.29) is 12.5 Å². The zero-order valence-corrected chi connectivity index (χ0v) is 11.7. The fraction of sp³-hybridized carbons (Fsp3) is 0.375. The van der Waals surface area contributed by atoms with Gasteiger partial charge in [-0.1, -0.05) is 18.2 Å². The summed E-state index contributed by atoms with van der Waals surface area (Å²) in [4.78, 5) is 17.8. The molecule has 1 fully saturated rings. The average Bonchev–Trinajstić information content (AvgIpc) is 2.53. The number of benzene rings is 1. The largest absolute Gasteiger partial charge is 0.481 e. The van der Waals surface area contributed by atoms with Gasteiger partial charge in [0.1, 0.15) is 5.82 Å². The van der Waals surface area contributed by atoms with Gasteiger partial charge in [0.05, 0.1) is 18.0 Å². The molecule has 1 aromatic heterocycles.